The molecule has 0 fully saturated rings. The predicted octanol–water partition coefficient (Wildman–Crippen LogP) is 2.53. The number of hydrogen-bond donors (Lipinski definition) is 1. The average Bonchev–Trinajstić information content (AvgIpc) is 2.78. The maximum Gasteiger partial charge on any atom is 0.246 e. The predicted molar refractivity (Wildman–Crippen MR) is 94.0 cm³/mol. The number of fused-ring (bicyclic) bond motifs is 1. The van der Waals surface area contributed by atoms with E-state index in [4.69, 9.17) is 4.74 Å². The van der Waals surface area contributed by atoms with E-state index in [0.29, 0.717) is 10.8 Å². The highest BCUT2D eigenvalue weighted by atomic mass is 32.1. The van der Waals surface area contributed by atoms with Crippen LogP contribution in [0.25, 0.3) is 0 Å². The molecule has 128 valence electrons. The van der Waals surface area contributed by atoms with E-state index in [2.05, 4.69) is 10.3 Å². The summed E-state index contributed by atoms with van der Waals surface area (Å²) in [7, 11) is 1.44. The highest BCUT2D eigenvalue weighted by Crippen LogP contribution is 2.28. The van der Waals surface area contributed by atoms with E-state index in [1.54, 1.807) is 29.0 Å². The van der Waals surface area contributed by atoms with E-state index in [-0.39, 0.29) is 23.6 Å². The first-order valence-electron chi connectivity index (χ1n) is 8.10. The molecule has 0 aromatic carbocycles. The zero-order valence-electron chi connectivity index (χ0n) is 13.9. The van der Waals surface area contributed by atoms with Crippen LogP contribution in [-0.4, -0.2) is 22.6 Å². The Labute approximate surface area is 144 Å². The van der Waals surface area contributed by atoms with Gasteiger partial charge in [-0.05, 0) is 32.6 Å². The third-order valence-corrected chi connectivity index (χ3v) is 5.26. The summed E-state index contributed by atoms with van der Waals surface area (Å²) in [4.78, 5) is 29.9. The molecular weight excluding hydrogens is 326 g/mol. The van der Waals surface area contributed by atoms with Crippen molar-refractivity contribution in [1.29, 1.82) is 0 Å². The Hall–Kier alpha value is -2.15. The summed E-state index contributed by atoms with van der Waals surface area (Å²) in [6, 6.07) is 1.47. The van der Waals surface area contributed by atoms with Gasteiger partial charge in [-0.1, -0.05) is 6.42 Å². The molecule has 1 aliphatic carbocycles. The second kappa shape index (κ2) is 7.17. The van der Waals surface area contributed by atoms with Crippen molar-refractivity contribution in [3.05, 3.63) is 38.8 Å². The number of carbonyl (C=O) groups excluding carboxylic acids is 1. The van der Waals surface area contributed by atoms with Crippen LogP contribution in [-0.2, 0) is 24.2 Å². The van der Waals surface area contributed by atoms with E-state index in [9.17, 15) is 9.59 Å². The minimum atomic E-state index is -0.185. The number of carbonyl (C=O) groups is 1. The van der Waals surface area contributed by atoms with Gasteiger partial charge < -0.3 is 14.6 Å². The Morgan fingerprint density at radius 3 is 2.96 bits per heavy atom. The molecule has 2 heterocycles. The Morgan fingerprint density at radius 1 is 1.38 bits per heavy atom. The third kappa shape index (κ3) is 3.67. The van der Waals surface area contributed by atoms with Crippen molar-refractivity contribution >= 4 is 22.4 Å². The zero-order valence-corrected chi connectivity index (χ0v) is 14.7. The average molecular weight is 347 g/mol. The maximum absolute atomic E-state index is 12.3. The molecule has 0 radical (unpaired) electrons. The monoisotopic (exact) mass is 347 g/mol. The molecule has 2 aromatic rings. The Kier molecular flexibility index (Phi) is 4.99. The van der Waals surface area contributed by atoms with E-state index >= 15 is 0 Å². The number of hydrogen-bond acceptors (Lipinski definition) is 5. The van der Waals surface area contributed by atoms with Gasteiger partial charge in [0, 0.05) is 16.6 Å². The minimum Gasteiger partial charge on any atom is -0.491 e. The molecular formula is C17H21N3O3S. The van der Waals surface area contributed by atoms with Crippen LogP contribution in [0, 0.1) is 6.92 Å². The van der Waals surface area contributed by atoms with Crippen molar-refractivity contribution in [2.24, 2.45) is 0 Å². The lowest BCUT2D eigenvalue weighted by Gasteiger charge is -2.11. The lowest BCUT2D eigenvalue weighted by atomic mass is 10.2. The molecule has 2 aromatic heterocycles. The molecule has 1 amide bonds. The summed E-state index contributed by atoms with van der Waals surface area (Å²) >= 11 is 1.57. The van der Waals surface area contributed by atoms with Crippen LogP contribution in [0.5, 0.6) is 5.75 Å². The first-order chi connectivity index (χ1) is 11.6. The summed E-state index contributed by atoms with van der Waals surface area (Å²) < 4.78 is 6.73. The first-order valence-corrected chi connectivity index (χ1v) is 8.92. The molecule has 0 aliphatic heterocycles. The van der Waals surface area contributed by atoms with Crippen LogP contribution in [0.4, 0.5) is 5.13 Å². The summed E-state index contributed by atoms with van der Waals surface area (Å²) in [6.07, 6.45) is 7.22. The van der Waals surface area contributed by atoms with Gasteiger partial charge in [-0.15, -0.1) is 11.3 Å². The number of rotatable bonds is 4. The van der Waals surface area contributed by atoms with E-state index < -0.39 is 0 Å². The molecule has 0 bridgehead atoms. The van der Waals surface area contributed by atoms with E-state index in [0.717, 1.165) is 18.5 Å². The van der Waals surface area contributed by atoms with Crippen LogP contribution in [0.3, 0.4) is 0 Å². The molecule has 7 heteroatoms. The van der Waals surface area contributed by atoms with E-state index in [1.165, 1.54) is 37.3 Å². The fraction of sp³-hybridized carbons (Fsp3) is 0.471. The van der Waals surface area contributed by atoms with Crippen molar-refractivity contribution in [3.8, 4) is 5.75 Å². The number of aryl methyl sites for hydroxylation is 3. The fourth-order valence-corrected chi connectivity index (χ4v) is 3.94. The molecule has 6 nitrogen and oxygen atoms in total. The number of aromatic nitrogens is 2. The Morgan fingerprint density at radius 2 is 2.17 bits per heavy atom. The third-order valence-electron chi connectivity index (χ3n) is 4.18. The standard InChI is InChI=1S/C17H21N3O3S/c1-11-8-13(21)14(23-2)9-20(11)10-16(22)19-17-18-12-6-4-3-5-7-15(12)24-17/h8-9H,3-7,10H2,1-2H3,(H,18,19,22). The van der Waals surface area contributed by atoms with Crippen LogP contribution in [0.2, 0.25) is 0 Å². The van der Waals surface area contributed by atoms with Crippen molar-refractivity contribution in [1.82, 2.24) is 9.55 Å². The number of anilines is 1. The molecule has 0 saturated heterocycles. The maximum atomic E-state index is 12.3. The minimum absolute atomic E-state index is 0.118. The van der Waals surface area contributed by atoms with Crippen LogP contribution < -0.4 is 15.5 Å². The molecule has 0 unspecified atom stereocenters. The second-order valence-electron chi connectivity index (χ2n) is 5.97. The van der Waals surface area contributed by atoms with Crippen molar-refractivity contribution < 1.29 is 9.53 Å². The van der Waals surface area contributed by atoms with Gasteiger partial charge in [0.1, 0.15) is 6.54 Å². The van der Waals surface area contributed by atoms with Crippen LogP contribution >= 0.6 is 11.3 Å². The number of pyridine rings is 1. The van der Waals surface area contributed by atoms with Crippen LogP contribution in [0.15, 0.2) is 17.1 Å². The topological polar surface area (TPSA) is 73.2 Å². The lowest BCUT2D eigenvalue weighted by Crippen LogP contribution is -2.21. The van der Waals surface area contributed by atoms with Crippen molar-refractivity contribution in [2.45, 2.75) is 45.6 Å². The molecule has 24 heavy (non-hydrogen) atoms. The summed E-state index contributed by atoms with van der Waals surface area (Å²) in [5, 5.41) is 3.54. The first kappa shape index (κ1) is 16.7. The highest BCUT2D eigenvalue weighted by molar-refractivity contribution is 7.15. The number of thiazole rings is 1. The number of methoxy groups -OCH3 is 1. The summed E-state index contributed by atoms with van der Waals surface area (Å²) in [5.41, 5.74) is 1.66. The molecule has 0 atom stereocenters. The molecule has 0 saturated carbocycles. The Bertz CT molecular complexity index is 786. The zero-order chi connectivity index (χ0) is 17.1. The normalized spacial score (nSPS) is 13.9. The molecule has 1 N–H and O–H groups in total. The van der Waals surface area contributed by atoms with Crippen molar-refractivity contribution in [3.63, 3.8) is 0 Å². The number of nitrogens with one attached hydrogen (secondary N) is 1. The van der Waals surface area contributed by atoms with Gasteiger partial charge in [-0.2, -0.15) is 0 Å². The van der Waals surface area contributed by atoms with Gasteiger partial charge in [0.05, 0.1) is 19.0 Å². The quantitative estimate of drug-likeness (QED) is 0.863. The summed E-state index contributed by atoms with van der Waals surface area (Å²) in [5.74, 6) is 0.0714. The SMILES string of the molecule is COc1cn(CC(=O)Nc2nc3c(s2)CCCCC3)c(C)cc1=O. The van der Waals surface area contributed by atoms with Gasteiger partial charge in [-0.25, -0.2) is 4.98 Å². The molecule has 0 spiro atoms. The van der Waals surface area contributed by atoms with Gasteiger partial charge >= 0.3 is 0 Å². The Balaban J connectivity index is 1.71. The lowest BCUT2D eigenvalue weighted by molar-refractivity contribution is -0.116. The number of ether oxygens (including phenoxy) is 1. The van der Waals surface area contributed by atoms with E-state index in [1.807, 2.05) is 0 Å². The van der Waals surface area contributed by atoms with Crippen LogP contribution in [0.1, 0.15) is 35.5 Å². The molecule has 3 rings (SSSR count). The summed E-state index contributed by atoms with van der Waals surface area (Å²) in [6.45, 7) is 1.91. The van der Waals surface area contributed by atoms with Gasteiger partial charge in [-0.3, -0.25) is 9.59 Å². The van der Waals surface area contributed by atoms with Gasteiger partial charge in [0.25, 0.3) is 0 Å². The fourth-order valence-electron chi connectivity index (χ4n) is 2.87. The largest absolute Gasteiger partial charge is 0.491 e. The smallest absolute Gasteiger partial charge is 0.246 e. The van der Waals surface area contributed by atoms with Crippen molar-refractivity contribution in [2.75, 3.05) is 12.4 Å². The number of nitrogens with zero attached hydrogens (tertiary/aromatic N) is 2. The van der Waals surface area contributed by atoms with Gasteiger partial charge in [0.15, 0.2) is 10.9 Å². The highest BCUT2D eigenvalue weighted by Gasteiger charge is 2.16. The second-order valence-corrected chi connectivity index (χ2v) is 7.06. The van der Waals surface area contributed by atoms with Gasteiger partial charge in [0.2, 0.25) is 11.3 Å². The number of amides is 1. The molecule has 1 aliphatic rings.